The number of H-pyrrole nitrogens is 1. The van der Waals surface area contributed by atoms with Crippen LogP contribution in [0.4, 0.5) is 5.95 Å². The Morgan fingerprint density at radius 3 is 2.93 bits per heavy atom. The van der Waals surface area contributed by atoms with E-state index in [1.165, 1.54) is 14.2 Å². The number of anilines is 1. The molecule has 0 aliphatic rings. The van der Waals surface area contributed by atoms with Crippen molar-refractivity contribution in [2.75, 3.05) is 26.1 Å². The van der Waals surface area contributed by atoms with Crippen LogP contribution in [-0.2, 0) is 9.53 Å². The monoisotopic (exact) mass is 200 g/mol. The first-order valence-electron chi connectivity index (χ1n) is 4.01. The molecular weight excluding hydrogens is 188 g/mol. The lowest BCUT2D eigenvalue weighted by molar-refractivity contribution is -0.117. The Morgan fingerprint density at radius 1 is 1.57 bits per heavy atom. The first kappa shape index (κ1) is 10.5. The molecule has 1 aromatic rings. The second-order valence-electron chi connectivity index (χ2n) is 2.46. The van der Waals surface area contributed by atoms with Crippen LogP contribution in [-0.4, -0.2) is 41.9 Å². The smallest absolute Gasteiger partial charge is 0.336 e. The zero-order valence-electron chi connectivity index (χ0n) is 8.03. The average molecular weight is 200 g/mol. The van der Waals surface area contributed by atoms with Gasteiger partial charge in [0.15, 0.2) is 0 Å². The maximum absolute atomic E-state index is 11.1. The van der Waals surface area contributed by atoms with Gasteiger partial charge in [0.25, 0.3) is 0 Å². The molecule has 0 fully saturated rings. The van der Waals surface area contributed by atoms with E-state index in [1.54, 1.807) is 0 Å². The number of aromatic nitrogens is 3. The molecule has 0 aliphatic carbocycles. The summed E-state index contributed by atoms with van der Waals surface area (Å²) in [5.41, 5.74) is 0. The van der Waals surface area contributed by atoms with Crippen LogP contribution < -0.4 is 10.1 Å². The molecular formula is C7H12N4O3. The Hall–Kier alpha value is -1.63. The topological polar surface area (TPSA) is 89.1 Å². The molecule has 0 radical (unpaired) electrons. The lowest BCUT2D eigenvalue weighted by Crippen LogP contribution is -2.14. The summed E-state index contributed by atoms with van der Waals surface area (Å²) in [5.74, 6) is 0.0774. The van der Waals surface area contributed by atoms with E-state index in [-0.39, 0.29) is 24.3 Å². The van der Waals surface area contributed by atoms with Crippen LogP contribution in [0.5, 0.6) is 6.01 Å². The second-order valence-corrected chi connectivity index (χ2v) is 2.46. The normalized spacial score (nSPS) is 9.86. The minimum atomic E-state index is -0.189. The third-order valence-electron chi connectivity index (χ3n) is 1.44. The standard InChI is InChI=1S/C7H12N4O3/c1-13-4-3-5(12)8-6-9-7(14-2)11-10-6/h3-4H2,1-2H3,(H2,8,9,10,11,12). The van der Waals surface area contributed by atoms with Crippen molar-refractivity contribution in [1.82, 2.24) is 15.2 Å². The van der Waals surface area contributed by atoms with Crippen LogP contribution in [0.3, 0.4) is 0 Å². The highest BCUT2D eigenvalue weighted by Gasteiger charge is 2.06. The van der Waals surface area contributed by atoms with Gasteiger partial charge in [-0.05, 0) is 0 Å². The predicted octanol–water partition coefficient (Wildman–Crippen LogP) is -0.212. The van der Waals surface area contributed by atoms with Crippen molar-refractivity contribution < 1.29 is 14.3 Å². The van der Waals surface area contributed by atoms with Crippen molar-refractivity contribution >= 4 is 11.9 Å². The van der Waals surface area contributed by atoms with E-state index in [4.69, 9.17) is 9.47 Å². The third-order valence-corrected chi connectivity index (χ3v) is 1.44. The molecule has 1 heterocycles. The summed E-state index contributed by atoms with van der Waals surface area (Å²) in [5, 5.41) is 8.67. The number of carbonyl (C=O) groups excluding carboxylic acids is 1. The molecule has 0 aliphatic heterocycles. The van der Waals surface area contributed by atoms with E-state index < -0.39 is 0 Å². The Kier molecular flexibility index (Phi) is 3.86. The van der Waals surface area contributed by atoms with Crippen molar-refractivity contribution in [3.63, 3.8) is 0 Å². The Bertz CT molecular complexity index is 299. The van der Waals surface area contributed by atoms with E-state index in [0.717, 1.165) is 0 Å². The number of aromatic amines is 1. The number of hydrogen-bond donors (Lipinski definition) is 2. The first-order valence-corrected chi connectivity index (χ1v) is 4.01. The van der Waals surface area contributed by atoms with Gasteiger partial charge in [-0.2, -0.15) is 4.98 Å². The third kappa shape index (κ3) is 3.02. The molecule has 0 unspecified atom stereocenters. The highest BCUT2D eigenvalue weighted by molar-refractivity contribution is 5.88. The predicted molar refractivity (Wildman–Crippen MR) is 48.1 cm³/mol. The highest BCUT2D eigenvalue weighted by atomic mass is 16.5. The van der Waals surface area contributed by atoms with E-state index in [2.05, 4.69) is 20.5 Å². The molecule has 1 aromatic heterocycles. The maximum Gasteiger partial charge on any atom is 0.336 e. The Morgan fingerprint density at radius 2 is 2.36 bits per heavy atom. The molecule has 0 bridgehead atoms. The summed E-state index contributed by atoms with van der Waals surface area (Å²) in [6.07, 6.45) is 0.277. The largest absolute Gasteiger partial charge is 0.466 e. The lowest BCUT2D eigenvalue weighted by Gasteiger charge is -1.99. The van der Waals surface area contributed by atoms with Gasteiger partial charge in [-0.1, -0.05) is 0 Å². The van der Waals surface area contributed by atoms with Crippen molar-refractivity contribution in [3.05, 3.63) is 0 Å². The van der Waals surface area contributed by atoms with Crippen LogP contribution >= 0.6 is 0 Å². The summed E-state index contributed by atoms with van der Waals surface area (Å²) in [4.78, 5) is 15.0. The number of hydrogen-bond acceptors (Lipinski definition) is 5. The van der Waals surface area contributed by atoms with Gasteiger partial charge >= 0.3 is 6.01 Å². The van der Waals surface area contributed by atoms with Gasteiger partial charge < -0.3 is 9.47 Å². The number of methoxy groups -OCH3 is 2. The minimum Gasteiger partial charge on any atom is -0.466 e. The molecule has 78 valence electrons. The van der Waals surface area contributed by atoms with Crippen LogP contribution in [0, 0.1) is 0 Å². The highest BCUT2D eigenvalue weighted by Crippen LogP contribution is 2.04. The maximum atomic E-state index is 11.1. The Balaban J connectivity index is 2.39. The summed E-state index contributed by atoms with van der Waals surface area (Å²) >= 11 is 0. The van der Waals surface area contributed by atoms with Crippen LogP contribution in [0.25, 0.3) is 0 Å². The fourth-order valence-electron chi connectivity index (χ4n) is 0.783. The number of nitrogens with one attached hydrogen (secondary N) is 2. The molecule has 1 amide bonds. The number of rotatable bonds is 5. The van der Waals surface area contributed by atoms with Gasteiger partial charge in [-0.15, -0.1) is 5.10 Å². The van der Waals surface area contributed by atoms with Gasteiger partial charge in [0.2, 0.25) is 11.9 Å². The summed E-state index contributed by atoms with van der Waals surface area (Å²) in [7, 11) is 2.98. The van der Waals surface area contributed by atoms with Gasteiger partial charge in [0, 0.05) is 7.11 Å². The molecule has 0 saturated carbocycles. The summed E-state index contributed by atoms with van der Waals surface area (Å²) in [6.45, 7) is 0.372. The minimum absolute atomic E-state index is 0.187. The molecule has 14 heavy (non-hydrogen) atoms. The van der Waals surface area contributed by atoms with Crippen molar-refractivity contribution in [2.24, 2.45) is 0 Å². The quantitative estimate of drug-likeness (QED) is 0.686. The van der Waals surface area contributed by atoms with Crippen molar-refractivity contribution in [3.8, 4) is 6.01 Å². The average Bonchev–Trinajstić information content (AvgIpc) is 2.62. The van der Waals surface area contributed by atoms with Crippen LogP contribution in [0.2, 0.25) is 0 Å². The van der Waals surface area contributed by atoms with Crippen LogP contribution in [0.15, 0.2) is 0 Å². The SMILES string of the molecule is COCCC(=O)Nc1nc(OC)n[nH]1. The zero-order chi connectivity index (χ0) is 10.4. The molecule has 0 aromatic carbocycles. The fourth-order valence-corrected chi connectivity index (χ4v) is 0.783. The molecule has 1 rings (SSSR count). The number of ether oxygens (including phenoxy) is 2. The summed E-state index contributed by atoms with van der Waals surface area (Å²) in [6, 6.07) is 0.187. The van der Waals surface area contributed by atoms with Gasteiger partial charge in [-0.3, -0.25) is 10.1 Å². The van der Waals surface area contributed by atoms with Crippen molar-refractivity contribution in [2.45, 2.75) is 6.42 Å². The Labute approximate surface area is 80.8 Å². The first-order chi connectivity index (χ1) is 6.76. The summed E-state index contributed by atoms with van der Waals surface area (Å²) < 4.78 is 9.47. The lowest BCUT2D eigenvalue weighted by atomic mass is 10.4. The van der Waals surface area contributed by atoms with E-state index in [9.17, 15) is 4.79 Å². The number of amides is 1. The van der Waals surface area contributed by atoms with Gasteiger partial charge in [-0.25, -0.2) is 5.10 Å². The van der Waals surface area contributed by atoms with Gasteiger partial charge in [0.05, 0.1) is 20.1 Å². The molecule has 0 spiro atoms. The van der Waals surface area contributed by atoms with Gasteiger partial charge in [0.1, 0.15) is 0 Å². The molecule has 7 nitrogen and oxygen atoms in total. The van der Waals surface area contributed by atoms with Crippen LogP contribution in [0.1, 0.15) is 6.42 Å². The zero-order valence-corrected chi connectivity index (χ0v) is 8.03. The molecule has 0 saturated heterocycles. The molecule has 7 heteroatoms. The molecule has 0 atom stereocenters. The second kappa shape index (κ2) is 5.18. The fraction of sp³-hybridized carbons (Fsp3) is 0.571. The van der Waals surface area contributed by atoms with E-state index in [1.807, 2.05) is 0 Å². The number of nitrogens with zero attached hydrogens (tertiary/aromatic N) is 2. The number of carbonyl (C=O) groups is 1. The van der Waals surface area contributed by atoms with Crippen molar-refractivity contribution in [1.29, 1.82) is 0 Å². The van der Waals surface area contributed by atoms with E-state index >= 15 is 0 Å². The van der Waals surface area contributed by atoms with E-state index in [0.29, 0.717) is 6.61 Å². The molecule has 2 N–H and O–H groups in total.